The van der Waals surface area contributed by atoms with Gasteiger partial charge in [0.05, 0.1) is 13.1 Å². The standard InChI is InChI=1S/C20H28N4O.HI/c1-4-21-20(22-13-14-25-19-11-6-5-7-12-19)23-16-17-9-8-10-18(15-17)24(2)3;/h5-12,15H,4,13-14,16H2,1-3H3,(H2,21,22,23);1H. The van der Waals surface area contributed by atoms with Gasteiger partial charge in [0.15, 0.2) is 5.96 Å². The minimum atomic E-state index is 0. The first-order chi connectivity index (χ1) is 12.2. The molecule has 2 N–H and O–H groups in total. The summed E-state index contributed by atoms with van der Waals surface area (Å²) < 4.78 is 5.69. The molecule has 2 rings (SSSR count). The number of anilines is 1. The Morgan fingerprint density at radius 2 is 1.81 bits per heavy atom. The molecule has 0 aliphatic heterocycles. The molecular weight excluding hydrogens is 439 g/mol. The Morgan fingerprint density at radius 1 is 1.04 bits per heavy atom. The topological polar surface area (TPSA) is 48.9 Å². The van der Waals surface area contributed by atoms with Gasteiger partial charge in [-0.25, -0.2) is 4.99 Å². The van der Waals surface area contributed by atoms with Crippen LogP contribution in [0.4, 0.5) is 5.69 Å². The minimum Gasteiger partial charge on any atom is -0.492 e. The molecule has 0 fully saturated rings. The maximum Gasteiger partial charge on any atom is 0.191 e. The Morgan fingerprint density at radius 3 is 2.50 bits per heavy atom. The van der Waals surface area contributed by atoms with Crippen LogP contribution in [0.1, 0.15) is 12.5 Å². The first-order valence-corrected chi connectivity index (χ1v) is 8.65. The lowest BCUT2D eigenvalue weighted by molar-refractivity contribution is 0.322. The van der Waals surface area contributed by atoms with Gasteiger partial charge < -0.3 is 20.3 Å². The van der Waals surface area contributed by atoms with Crippen molar-refractivity contribution < 1.29 is 4.74 Å². The van der Waals surface area contributed by atoms with Crippen molar-refractivity contribution in [2.45, 2.75) is 13.5 Å². The number of hydrogen-bond acceptors (Lipinski definition) is 3. The maximum absolute atomic E-state index is 5.69. The highest BCUT2D eigenvalue weighted by atomic mass is 127. The smallest absolute Gasteiger partial charge is 0.191 e. The number of nitrogens with one attached hydrogen (secondary N) is 2. The number of hydrogen-bond donors (Lipinski definition) is 2. The summed E-state index contributed by atoms with van der Waals surface area (Å²) in [5.41, 5.74) is 2.37. The number of rotatable bonds is 8. The zero-order valence-corrected chi connectivity index (χ0v) is 18.1. The number of benzene rings is 2. The van der Waals surface area contributed by atoms with Gasteiger partial charge in [-0.2, -0.15) is 0 Å². The number of guanidine groups is 1. The number of aliphatic imine (C=N–C) groups is 1. The van der Waals surface area contributed by atoms with Crippen LogP contribution in [0.5, 0.6) is 5.75 Å². The van der Waals surface area contributed by atoms with Gasteiger partial charge in [0.1, 0.15) is 12.4 Å². The average Bonchev–Trinajstić information content (AvgIpc) is 2.64. The van der Waals surface area contributed by atoms with E-state index in [1.165, 1.54) is 11.3 Å². The molecule has 0 aliphatic carbocycles. The van der Waals surface area contributed by atoms with Gasteiger partial charge in [0.25, 0.3) is 0 Å². The van der Waals surface area contributed by atoms with Crippen LogP contribution in [0.15, 0.2) is 59.6 Å². The van der Waals surface area contributed by atoms with Crippen molar-refractivity contribution in [3.05, 3.63) is 60.2 Å². The molecule has 0 aromatic heterocycles. The monoisotopic (exact) mass is 468 g/mol. The lowest BCUT2D eigenvalue weighted by atomic mass is 10.2. The second kappa shape index (κ2) is 12.4. The van der Waals surface area contributed by atoms with E-state index in [2.05, 4.69) is 51.7 Å². The molecule has 0 saturated heterocycles. The van der Waals surface area contributed by atoms with Gasteiger partial charge in [-0.05, 0) is 36.8 Å². The summed E-state index contributed by atoms with van der Waals surface area (Å²) in [6, 6.07) is 18.2. The molecule has 0 spiro atoms. The van der Waals surface area contributed by atoms with Gasteiger partial charge in [-0.15, -0.1) is 24.0 Å². The minimum absolute atomic E-state index is 0. The van der Waals surface area contributed by atoms with Gasteiger partial charge >= 0.3 is 0 Å². The van der Waals surface area contributed by atoms with Gasteiger partial charge in [0, 0.05) is 26.3 Å². The molecule has 0 saturated carbocycles. The molecule has 2 aromatic rings. The van der Waals surface area contributed by atoms with Crippen molar-refractivity contribution in [1.82, 2.24) is 10.6 Å². The molecule has 26 heavy (non-hydrogen) atoms. The summed E-state index contributed by atoms with van der Waals surface area (Å²) in [5, 5.41) is 6.56. The van der Waals surface area contributed by atoms with Crippen LogP contribution < -0.4 is 20.3 Å². The van der Waals surface area contributed by atoms with E-state index in [1.54, 1.807) is 0 Å². The fourth-order valence-corrected chi connectivity index (χ4v) is 2.30. The molecule has 142 valence electrons. The molecule has 0 bridgehead atoms. The molecule has 2 aromatic carbocycles. The predicted molar refractivity (Wildman–Crippen MR) is 121 cm³/mol. The quantitative estimate of drug-likeness (QED) is 0.270. The second-order valence-electron chi connectivity index (χ2n) is 5.85. The van der Waals surface area contributed by atoms with Crippen LogP contribution in [0.3, 0.4) is 0 Å². The van der Waals surface area contributed by atoms with E-state index in [1.807, 2.05) is 44.4 Å². The number of para-hydroxylation sites is 1. The predicted octanol–water partition coefficient (Wildman–Crippen LogP) is 3.50. The maximum atomic E-state index is 5.69. The highest BCUT2D eigenvalue weighted by molar-refractivity contribution is 14.0. The molecule has 0 amide bonds. The lowest BCUT2D eigenvalue weighted by Gasteiger charge is -2.14. The van der Waals surface area contributed by atoms with Crippen molar-refractivity contribution in [3.63, 3.8) is 0 Å². The van der Waals surface area contributed by atoms with Crippen LogP contribution in [-0.4, -0.2) is 39.8 Å². The summed E-state index contributed by atoms with van der Waals surface area (Å²) >= 11 is 0. The third-order valence-electron chi connectivity index (χ3n) is 3.60. The van der Waals surface area contributed by atoms with Crippen LogP contribution >= 0.6 is 24.0 Å². The van der Waals surface area contributed by atoms with Crippen molar-refractivity contribution in [3.8, 4) is 5.75 Å². The van der Waals surface area contributed by atoms with Gasteiger partial charge in [-0.3, -0.25) is 0 Å². The zero-order valence-electron chi connectivity index (χ0n) is 15.7. The number of halogens is 1. The Labute approximate surface area is 173 Å². The highest BCUT2D eigenvalue weighted by Gasteiger charge is 2.00. The Bertz CT molecular complexity index is 662. The van der Waals surface area contributed by atoms with E-state index in [0.717, 1.165) is 18.3 Å². The van der Waals surface area contributed by atoms with E-state index in [0.29, 0.717) is 19.7 Å². The Balaban J connectivity index is 0.00000338. The molecule has 0 radical (unpaired) electrons. The Kier molecular flexibility index (Phi) is 10.5. The summed E-state index contributed by atoms with van der Waals surface area (Å²) in [4.78, 5) is 6.74. The van der Waals surface area contributed by atoms with Gasteiger partial charge in [-0.1, -0.05) is 30.3 Å². The summed E-state index contributed by atoms with van der Waals surface area (Å²) in [5.74, 6) is 1.68. The number of nitrogens with zero attached hydrogens (tertiary/aromatic N) is 2. The van der Waals surface area contributed by atoms with Crippen LogP contribution in [0.2, 0.25) is 0 Å². The fraction of sp³-hybridized carbons (Fsp3) is 0.350. The van der Waals surface area contributed by atoms with Crippen molar-refractivity contribution in [1.29, 1.82) is 0 Å². The molecule has 0 unspecified atom stereocenters. The van der Waals surface area contributed by atoms with Crippen molar-refractivity contribution in [2.24, 2.45) is 4.99 Å². The number of ether oxygens (including phenoxy) is 1. The third kappa shape index (κ3) is 7.95. The molecule has 0 heterocycles. The van der Waals surface area contributed by atoms with E-state index in [9.17, 15) is 0 Å². The Hall–Kier alpha value is -1.96. The van der Waals surface area contributed by atoms with Crippen LogP contribution in [-0.2, 0) is 6.54 Å². The molecule has 5 nitrogen and oxygen atoms in total. The summed E-state index contributed by atoms with van der Waals surface area (Å²) in [6.45, 7) is 4.80. The van der Waals surface area contributed by atoms with Crippen LogP contribution in [0, 0.1) is 0 Å². The SMILES string of the molecule is CCNC(=NCc1cccc(N(C)C)c1)NCCOc1ccccc1.I. The summed E-state index contributed by atoms with van der Waals surface area (Å²) in [6.07, 6.45) is 0. The van der Waals surface area contributed by atoms with Crippen LogP contribution in [0.25, 0.3) is 0 Å². The lowest BCUT2D eigenvalue weighted by Crippen LogP contribution is -2.39. The highest BCUT2D eigenvalue weighted by Crippen LogP contribution is 2.14. The van der Waals surface area contributed by atoms with E-state index < -0.39 is 0 Å². The largest absolute Gasteiger partial charge is 0.492 e. The fourth-order valence-electron chi connectivity index (χ4n) is 2.30. The van der Waals surface area contributed by atoms with E-state index in [-0.39, 0.29) is 24.0 Å². The molecule has 0 atom stereocenters. The second-order valence-corrected chi connectivity index (χ2v) is 5.85. The zero-order chi connectivity index (χ0) is 17.9. The average molecular weight is 468 g/mol. The van der Waals surface area contributed by atoms with Gasteiger partial charge in [0.2, 0.25) is 0 Å². The van der Waals surface area contributed by atoms with E-state index >= 15 is 0 Å². The molecule has 6 heteroatoms. The summed E-state index contributed by atoms with van der Waals surface area (Å²) in [7, 11) is 4.08. The van der Waals surface area contributed by atoms with E-state index in [4.69, 9.17) is 4.74 Å². The molecule has 0 aliphatic rings. The first kappa shape index (κ1) is 22.1. The third-order valence-corrected chi connectivity index (χ3v) is 3.60. The normalized spacial score (nSPS) is 10.7. The van der Waals surface area contributed by atoms with Crippen molar-refractivity contribution >= 4 is 35.6 Å². The first-order valence-electron chi connectivity index (χ1n) is 8.65. The molecular formula is C20H29IN4O. The van der Waals surface area contributed by atoms with Crippen molar-refractivity contribution in [2.75, 3.05) is 38.7 Å².